The Labute approximate surface area is 220 Å². The van der Waals surface area contributed by atoms with Crippen LogP contribution in [0.25, 0.3) is 21.3 Å². The number of carbonyl (C=O) groups is 2. The van der Waals surface area contributed by atoms with Gasteiger partial charge in [-0.25, -0.2) is 0 Å². The molecule has 0 radical (unpaired) electrons. The monoisotopic (exact) mass is 511 g/mol. The largest absolute Gasteiger partial charge is 0.492 e. The lowest BCUT2D eigenvalue weighted by molar-refractivity contribution is 0.0767. The highest BCUT2D eigenvalue weighted by Crippen LogP contribution is 2.57. The molecule has 1 atom stereocenters. The molecule has 2 aromatic carbocycles. The Kier molecular flexibility index (Phi) is 5.85. The number of likely N-dealkylation sites (N-methyl/N-ethyl adjacent to an activating group) is 1. The molecule has 188 valence electrons. The van der Waals surface area contributed by atoms with Gasteiger partial charge in [-0.1, -0.05) is 6.07 Å². The number of hydrogen-bond donors (Lipinski definition) is 1. The molecule has 2 aromatic heterocycles. The number of benzene rings is 2. The maximum atomic E-state index is 12.5. The van der Waals surface area contributed by atoms with Crippen molar-refractivity contribution in [3.8, 4) is 16.2 Å². The Morgan fingerprint density at radius 3 is 2.70 bits per heavy atom. The average molecular weight is 512 g/mol. The number of fused-ring (bicyclic) bond motifs is 1. The Morgan fingerprint density at radius 2 is 2.05 bits per heavy atom. The van der Waals surface area contributed by atoms with Crippen LogP contribution in [0.2, 0.25) is 0 Å². The number of primary amides is 1. The summed E-state index contributed by atoms with van der Waals surface area (Å²) in [6, 6.07) is 16.5. The fourth-order valence-electron chi connectivity index (χ4n) is 5.60. The first kappa shape index (κ1) is 23.8. The number of ether oxygens (including phenoxy) is 1. The van der Waals surface area contributed by atoms with E-state index in [4.69, 9.17) is 10.5 Å². The van der Waals surface area contributed by atoms with Crippen LogP contribution >= 0.6 is 11.3 Å². The standard InChI is InChI=1S/C30H29N3O3S/c1-18-24(29(31)35)14-21(36-17-20-7-11-33(20)2)15-25(18)30(8-9-30)26-12-19(28-6-5-22(16-34)37-28)13-27-23(26)4-3-10-32-27/h3-6,10,12-16,20H,7-9,11,17H2,1-2H3,(H2,31,35). The topological polar surface area (TPSA) is 85.5 Å². The van der Waals surface area contributed by atoms with Crippen LogP contribution < -0.4 is 10.5 Å². The third-order valence-corrected chi connectivity index (χ3v) is 9.12. The van der Waals surface area contributed by atoms with Gasteiger partial charge in [0.25, 0.3) is 0 Å². The third-order valence-electron chi connectivity index (χ3n) is 8.06. The average Bonchev–Trinajstić information content (AvgIpc) is 3.56. The van der Waals surface area contributed by atoms with E-state index in [9.17, 15) is 9.59 Å². The van der Waals surface area contributed by atoms with Crippen molar-refractivity contribution in [1.29, 1.82) is 0 Å². The van der Waals surface area contributed by atoms with Crippen molar-refractivity contribution in [3.63, 3.8) is 0 Å². The summed E-state index contributed by atoms with van der Waals surface area (Å²) in [5.41, 5.74) is 11.2. The Bertz CT molecular complexity index is 1540. The van der Waals surface area contributed by atoms with Crippen molar-refractivity contribution in [3.05, 3.63) is 81.9 Å². The first-order valence-corrected chi connectivity index (χ1v) is 13.4. The summed E-state index contributed by atoms with van der Waals surface area (Å²) in [6.07, 6.45) is 5.72. The van der Waals surface area contributed by atoms with E-state index in [0.29, 0.717) is 28.8 Å². The summed E-state index contributed by atoms with van der Waals surface area (Å²) in [5, 5.41) is 1.10. The van der Waals surface area contributed by atoms with Gasteiger partial charge in [-0.05, 0) is 104 Å². The maximum Gasteiger partial charge on any atom is 0.249 e. The molecule has 37 heavy (non-hydrogen) atoms. The van der Waals surface area contributed by atoms with E-state index >= 15 is 0 Å². The van der Waals surface area contributed by atoms with Gasteiger partial charge in [0.15, 0.2) is 6.29 Å². The van der Waals surface area contributed by atoms with E-state index in [2.05, 4.69) is 41.2 Å². The van der Waals surface area contributed by atoms with E-state index in [1.54, 1.807) is 6.07 Å². The Morgan fingerprint density at radius 1 is 1.22 bits per heavy atom. The van der Waals surface area contributed by atoms with Crippen molar-refractivity contribution in [2.45, 2.75) is 37.6 Å². The molecule has 7 heteroatoms. The number of likely N-dealkylation sites (tertiary alicyclic amines) is 1. The number of amides is 1. The summed E-state index contributed by atoms with van der Waals surface area (Å²) >= 11 is 1.48. The van der Waals surface area contributed by atoms with E-state index in [-0.39, 0.29) is 5.41 Å². The summed E-state index contributed by atoms with van der Waals surface area (Å²) in [5.74, 6) is 0.245. The highest BCUT2D eigenvalue weighted by atomic mass is 32.1. The second-order valence-corrected chi connectivity index (χ2v) is 11.4. The Balaban J connectivity index is 1.49. The summed E-state index contributed by atoms with van der Waals surface area (Å²) in [6.45, 7) is 3.65. The Hall–Kier alpha value is -3.55. The summed E-state index contributed by atoms with van der Waals surface area (Å²) in [7, 11) is 2.10. The third kappa shape index (κ3) is 4.12. The lowest BCUT2D eigenvalue weighted by atomic mass is 9.81. The van der Waals surface area contributed by atoms with Crippen LogP contribution in [0.1, 0.15) is 56.0 Å². The lowest BCUT2D eigenvalue weighted by Gasteiger charge is -2.37. The fourth-order valence-corrected chi connectivity index (χ4v) is 6.41. The number of nitrogens with two attached hydrogens (primary N) is 1. The molecule has 1 saturated carbocycles. The van der Waals surface area contributed by atoms with Crippen LogP contribution in [-0.4, -0.2) is 48.3 Å². The molecule has 3 heterocycles. The molecule has 0 spiro atoms. The van der Waals surface area contributed by atoms with Crippen LogP contribution in [0.15, 0.2) is 54.7 Å². The second kappa shape index (κ2) is 9.08. The van der Waals surface area contributed by atoms with Gasteiger partial charge in [0.1, 0.15) is 12.4 Å². The molecule has 4 aromatic rings. The van der Waals surface area contributed by atoms with Crippen LogP contribution in [0.3, 0.4) is 0 Å². The van der Waals surface area contributed by atoms with Crippen LogP contribution in [0.5, 0.6) is 5.75 Å². The van der Waals surface area contributed by atoms with Gasteiger partial charge in [0.2, 0.25) is 5.91 Å². The zero-order valence-corrected chi connectivity index (χ0v) is 21.8. The molecule has 2 aliphatic rings. The van der Waals surface area contributed by atoms with E-state index in [1.807, 2.05) is 31.3 Å². The highest BCUT2D eigenvalue weighted by Gasteiger charge is 2.48. The summed E-state index contributed by atoms with van der Waals surface area (Å²) in [4.78, 5) is 32.5. The van der Waals surface area contributed by atoms with Crippen molar-refractivity contribution in [2.24, 2.45) is 5.73 Å². The van der Waals surface area contributed by atoms with Gasteiger partial charge in [0.05, 0.1) is 10.4 Å². The molecule has 1 aliphatic carbocycles. The molecule has 1 aliphatic heterocycles. The van der Waals surface area contributed by atoms with Gasteiger partial charge in [-0.15, -0.1) is 11.3 Å². The summed E-state index contributed by atoms with van der Waals surface area (Å²) < 4.78 is 6.23. The normalized spacial score (nSPS) is 18.4. The molecular weight excluding hydrogens is 482 g/mol. The first-order valence-electron chi connectivity index (χ1n) is 12.6. The minimum atomic E-state index is -0.444. The molecular formula is C30H29N3O3S. The molecule has 6 nitrogen and oxygen atoms in total. The van der Waals surface area contributed by atoms with Crippen LogP contribution in [-0.2, 0) is 5.41 Å². The quantitative estimate of drug-likeness (QED) is 0.323. The van der Waals surface area contributed by atoms with Crippen LogP contribution in [0.4, 0.5) is 0 Å². The first-order chi connectivity index (χ1) is 17.9. The molecule has 0 bridgehead atoms. The van der Waals surface area contributed by atoms with E-state index in [0.717, 1.165) is 64.6 Å². The van der Waals surface area contributed by atoms with Gasteiger partial charge in [-0.3, -0.25) is 19.5 Å². The number of aromatic nitrogens is 1. The number of carbonyl (C=O) groups excluding carboxylic acids is 2. The maximum absolute atomic E-state index is 12.5. The number of nitrogens with zero attached hydrogens (tertiary/aromatic N) is 2. The molecule has 2 fully saturated rings. The van der Waals surface area contributed by atoms with Crippen LogP contribution in [0, 0.1) is 6.92 Å². The molecule has 6 rings (SSSR count). The van der Waals surface area contributed by atoms with Gasteiger partial charge >= 0.3 is 0 Å². The van der Waals surface area contributed by atoms with Gasteiger partial charge in [0, 0.05) is 33.5 Å². The number of hydrogen-bond acceptors (Lipinski definition) is 6. The number of pyridine rings is 1. The minimum absolute atomic E-state index is 0.261. The fraction of sp³-hybridized carbons (Fsp3) is 0.300. The van der Waals surface area contributed by atoms with Gasteiger partial charge in [-0.2, -0.15) is 0 Å². The number of aldehydes is 1. The molecule has 1 saturated heterocycles. The van der Waals surface area contributed by atoms with Crippen molar-refractivity contribution < 1.29 is 14.3 Å². The van der Waals surface area contributed by atoms with Gasteiger partial charge < -0.3 is 10.5 Å². The minimum Gasteiger partial charge on any atom is -0.492 e. The molecule has 2 N–H and O–H groups in total. The smallest absolute Gasteiger partial charge is 0.249 e. The van der Waals surface area contributed by atoms with E-state index < -0.39 is 5.91 Å². The van der Waals surface area contributed by atoms with E-state index in [1.165, 1.54) is 16.9 Å². The van der Waals surface area contributed by atoms with Crippen molar-refractivity contribution in [1.82, 2.24) is 9.88 Å². The second-order valence-electron chi connectivity index (χ2n) is 10.2. The predicted molar refractivity (Wildman–Crippen MR) is 147 cm³/mol. The number of thiophene rings is 1. The zero-order valence-electron chi connectivity index (χ0n) is 21.0. The molecule has 1 unspecified atom stereocenters. The highest BCUT2D eigenvalue weighted by molar-refractivity contribution is 7.17. The molecule has 1 amide bonds. The van der Waals surface area contributed by atoms with Crippen molar-refractivity contribution in [2.75, 3.05) is 20.2 Å². The zero-order chi connectivity index (χ0) is 25.7. The SMILES string of the molecule is Cc1c(C(N)=O)cc(OCC2CCN2C)cc1C1(c2cc(-c3ccc(C=O)s3)cc3ncccc23)CC1. The lowest BCUT2D eigenvalue weighted by Crippen LogP contribution is -2.48. The number of rotatable bonds is 8. The predicted octanol–water partition coefficient (Wildman–Crippen LogP) is 5.35. The van der Waals surface area contributed by atoms with Crippen molar-refractivity contribution >= 4 is 34.4 Å².